The largest absolute Gasteiger partial charge is 0.497 e. The first kappa shape index (κ1) is 24.2. The molecule has 2 aromatic carbocycles. The highest BCUT2D eigenvalue weighted by Crippen LogP contribution is 2.34. The van der Waals surface area contributed by atoms with Gasteiger partial charge in [-0.15, -0.1) is 0 Å². The average molecular weight is 490 g/mol. The van der Waals surface area contributed by atoms with Crippen LogP contribution >= 0.6 is 0 Å². The van der Waals surface area contributed by atoms with E-state index in [4.69, 9.17) is 9.47 Å². The van der Waals surface area contributed by atoms with Gasteiger partial charge in [-0.05, 0) is 80.7 Å². The lowest BCUT2D eigenvalue weighted by molar-refractivity contribution is -0.121. The van der Waals surface area contributed by atoms with Crippen LogP contribution in [-0.4, -0.2) is 67.9 Å². The summed E-state index contributed by atoms with van der Waals surface area (Å²) in [7, 11) is 3.74. The molecular weight excluding hydrogens is 454 g/mol. The fourth-order valence-corrected chi connectivity index (χ4v) is 5.08. The molecule has 0 saturated carbocycles. The van der Waals surface area contributed by atoms with Crippen LogP contribution in [-0.2, 0) is 11.2 Å². The minimum atomic E-state index is -0.275. The van der Waals surface area contributed by atoms with E-state index in [-0.39, 0.29) is 11.8 Å². The number of aromatic nitrogens is 2. The Bertz CT molecular complexity index is 1220. The van der Waals surface area contributed by atoms with Crippen molar-refractivity contribution >= 4 is 17.3 Å². The number of hydrogen-bond donors (Lipinski definition) is 2. The molecule has 0 unspecified atom stereocenters. The number of ether oxygens (including phenoxy) is 2. The van der Waals surface area contributed by atoms with Crippen molar-refractivity contribution in [2.24, 2.45) is 5.92 Å². The van der Waals surface area contributed by atoms with E-state index in [2.05, 4.69) is 38.4 Å². The second-order valence-electron chi connectivity index (χ2n) is 9.79. The summed E-state index contributed by atoms with van der Waals surface area (Å²) in [6, 6.07) is 11.9. The number of aromatic amines is 1. The smallest absolute Gasteiger partial charge is 0.231 e. The Morgan fingerprint density at radius 2 is 2.08 bits per heavy atom. The van der Waals surface area contributed by atoms with E-state index < -0.39 is 0 Å². The van der Waals surface area contributed by atoms with Crippen LogP contribution in [0.1, 0.15) is 24.1 Å². The summed E-state index contributed by atoms with van der Waals surface area (Å²) in [5.41, 5.74) is 5.96. The molecule has 2 N–H and O–H groups in total. The van der Waals surface area contributed by atoms with Gasteiger partial charge in [0.05, 0.1) is 30.6 Å². The van der Waals surface area contributed by atoms with Crippen LogP contribution in [0.4, 0.5) is 11.4 Å². The van der Waals surface area contributed by atoms with Gasteiger partial charge < -0.3 is 24.6 Å². The quantitative estimate of drug-likeness (QED) is 0.496. The van der Waals surface area contributed by atoms with Crippen molar-refractivity contribution in [1.29, 1.82) is 0 Å². The van der Waals surface area contributed by atoms with Crippen LogP contribution in [0.2, 0.25) is 0 Å². The minimum Gasteiger partial charge on any atom is -0.497 e. The number of H-pyrrole nitrogens is 1. The number of amides is 1. The van der Waals surface area contributed by atoms with Gasteiger partial charge >= 0.3 is 0 Å². The normalized spacial score (nSPS) is 17.4. The van der Waals surface area contributed by atoms with E-state index in [1.165, 1.54) is 25.9 Å². The lowest BCUT2D eigenvalue weighted by Gasteiger charge is -2.28. The number of hydrogen-bond acceptors (Lipinski definition) is 6. The lowest BCUT2D eigenvalue weighted by atomic mass is 9.95. The van der Waals surface area contributed by atoms with E-state index in [0.29, 0.717) is 13.0 Å². The molecule has 3 aromatic rings. The molecule has 2 aliphatic rings. The number of carbonyl (C=O) groups is 1. The number of nitrogens with zero attached hydrogens (tertiary/aromatic N) is 3. The molecule has 36 heavy (non-hydrogen) atoms. The molecule has 190 valence electrons. The topological polar surface area (TPSA) is 82.7 Å². The highest BCUT2D eigenvalue weighted by Gasteiger charge is 2.27. The van der Waals surface area contributed by atoms with Crippen LogP contribution in [0.5, 0.6) is 11.5 Å². The Balaban J connectivity index is 1.36. The molecule has 2 aliphatic heterocycles. The molecule has 1 atom stereocenters. The third-order valence-electron chi connectivity index (χ3n) is 7.30. The van der Waals surface area contributed by atoms with Crippen molar-refractivity contribution in [3.05, 3.63) is 53.9 Å². The molecule has 5 rings (SSSR count). The monoisotopic (exact) mass is 489 g/mol. The highest BCUT2D eigenvalue weighted by molar-refractivity contribution is 5.97. The zero-order chi connectivity index (χ0) is 25.1. The Morgan fingerprint density at radius 1 is 1.25 bits per heavy atom. The van der Waals surface area contributed by atoms with Gasteiger partial charge in [0, 0.05) is 31.4 Å². The number of aryl methyl sites for hydroxylation is 1. The molecule has 0 radical (unpaired) electrons. The highest BCUT2D eigenvalue weighted by atomic mass is 16.5. The van der Waals surface area contributed by atoms with Crippen molar-refractivity contribution < 1.29 is 14.3 Å². The number of nitrogens with one attached hydrogen (secondary N) is 2. The molecule has 3 heterocycles. The number of methoxy groups -OCH3 is 1. The molecule has 0 spiro atoms. The van der Waals surface area contributed by atoms with Crippen molar-refractivity contribution in [3.8, 4) is 22.6 Å². The van der Waals surface area contributed by atoms with Gasteiger partial charge in [-0.25, -0.2) is 0 Å². The molecule has 1 saturated heterocycles. The molecule has 0 bridgehead atoms. The van der Waals surface area contributed by atoms with Crippen LogP contribution in [0.25, 0.3) is 11.1 Å². The SMILES string of the molecule is COc1ccc2c(c1)C[C@@H](C(=O)Nc1ccc(-c3cn[nH]c3C)cc1N(C)CCN1CCCC1)CO2. The Kier molecular flexibility index (Phi) is 7.13. The summed E-state index contributed by atoms with van der Waals surface area (Å²) in [5.74, 6) is 1.28. The fourth-order valence-electron chi connectivity index (χ4n) is 5.08. The van der Waals surface area contributed by atoms with Gasteiger partial charge in [-0.2, -0.15) is 5.10 Å². The van der Waals surface area contributed by atoms with Crippen molar-refractivity contribution in [2.75, 3.05) is 57.2 Å². The van der Waals surface area contributed by atoms with Crippen molar-refractivity contribution in [3.63, 3.8) is 0 Å². The maximum Gasteiger partial charge on any atom is 0.231 e. The number of likely N-dealkylation sites (N-methyl/N-ethyl adjacent to an activating group) is 1. The zero-order valence-corrected chi connectivity index (χ0v) is 21.3. The van der Waals surface area contributed by atoms with Gasteiger partial charge in [0.2, 0.25) is 5.91 Å². The summed E-state index contributed by atoms with van der Waals surface area (Å²) < 4.78 is 11.3. The van der Waals surface area contributed by atoms with E-state index in [9.17, 15) is 4.79 Å². The van der Waals surface area contributed by atoms with Gasteiger partial charge in [0.1, 0.15) is 18.1 Å². The number of fused-ring (bicyclic) bond motifs is 1. The van der Waals surface area contributed by atoms with Gasteiger partial charge in [0.25, 0.3) is 0 Å². The lowest BCUT2D eigenvalue weighted by Crippen LogP contribution is -2.34. The summed E-state index contributed by atoms with van der Waals surface area (Å²) in [6.07, 6.45) is 5.02. The fraction of sp³-hybridized carbons (Fsp3) is 0.429. The number of likely N-dealkylation sites (tertiary alicyclic amines) is 1. The first-order valence-corrected chi connectivity index (χ1v) is 12.7. The predicted molar refractivity (Wildman–Crippen MR) is 142 cm³/mol. The van der Waals surface area contributed by atoms with E-state index in [1.807, 2.05) is 43.5 Å². The van der Waals surface area contributed by atoms with E-state index in [0.717, 1.165) is 58.3 Å². The number of rotatable bonds is 8. The van der Waals surface area contributed by atoms with Gasteiger partial charge in [0.15, 0.2) is 0 Å². The number of benzene rings is 2. The van der Waals surface area contributed by atoms with Crippen LogP contribution < -0.4 is 19.7 Å². The van der Waals surface area contributed by atoms with Gasteiger partial charge in [-0.1, -0.05) is 6.07 Å². The van der Waals surface area contributed by atoms with Crippen LogP contribution in [0, 0.1) is 12.8 Å². The zero-order valence-electron chi connectivity index (χ0n) is 21.3. The van der Waals surface area contributed by atoms with Crippen molar-refractivity contribution in [1.82, 2.24) is 15.1 Å². The Morgan fingerprint density at radius 3 is 2.83 bits per heavy atom. The van der Waals surface area contributed by atoms with Gasteiger partial charge in [-0.3, -0.25) is 9.89 Å². The molecule has 0 aliphatic carbocycles. The molecule has 8 nitrogen and oxygen atoms in total. The molecular formula is C28H35N5O3. The van der Waals surface area contributed by atoms with E-state index >= 15 is 0 Å². The van der Waals surface area contributed by atoms with Crippen LogP contribution in [0.15, 0.2) is 42.6 Å². The summed E-state index contributed by atoms with van der Waals surface area (Å²) >= 11 is 0. The first-order chi connectivity index (χ1) is 17.5. The number of anilines is 2. The standard InChI is InChI=1S/C28H35N5O3/c1-19-24(17-29-31-19)20-6-8-25(26(16-20)32(2)12-13-33-10-4-5-11-33)30-28(34)22-14-21-15-23(35-3)7-9-27(21)36-18-22/h6-9,15-17,22H,4-5,10-14,18H2,1-3H3,(H,29,31)(H,30,34)/t22-/m1/s1. The molecule has 1 fully saturated rings. The molecule has 1 aromatic heterocycles. The van der Waals surface area contributed by atoms with Crippen molar-refractivity contribution in [2.45, 2.75) is 26.2 Å². The molecule has 8 heteroatoms. The third-order valence-corrected chi connectivity index (χ3v) is 7.30. The summed E-state index contributed by atoms with van der Waals surface area (Å²) in [6.45, 7) is 6.60. The second kappa shape index (κ2) is 10.6. The summed E-state index contributed by atoms with van der Waals surface area (Å²) in [4.78, 5) is 18.1. The maximum absolute atomic E-state index is 13.4. The minimum absolute atomic E-state index is 0.0371. The predicted octanol–water partition coefficient (Wildman–Crippen LogP) is 4.12. The Hall–Kier alpha value is -3.52. The third kappa shape index (κ3) is 5.18. The maximum atomic E-state index is 13.4. The van der Waals surface area contributed by atoms with Crippen LogP contribution in [0.3, 0.4) is 0 Å². The number of carbonyl (C=O) groups excluding carboxylic acids is 1. The summed E-state index contributed by atoms with van der Waals surface area (Å²) in [5, 5.41) is 10.4. The second-order valence-corrected chi connectivity index (χ2v) is 9.79. The first-order valence-electron chi connectivity index (χ1n) is 12.7. The van der Waals surface area contributed by atoms with E-state index in [1.54, 1.807) is 7.11 Å². The molecule has 1 amide bonds. The average Bonchev–Trinajstić information content (AvgIpc) is 3.58. The Labute approximate surface area is 212 Å².